The first kappa shape index (κ1) is 15.5. The maximum Gasteiger partial charge on any atom is 0.270 e. The third kappa shape index (κ3) is 4.27. The van der Waals surface area contributed by atoms with Gasteiger partial charge in [-0.05, 0) is 46.1 Å². The van der Waals surface area contributed by atoms with Crippen LogP contribution in [0.1, 0.15) is 11.1 Å². The second kappa shape index (κ2) is 7.19. The average molecular weight is 350 g/mol. The molecule has 0 unspecified atom stereocenters. The van der Waals surface area contributed by atoms with Crippen LogP contribution in [0.25, 0.3) is 0 Å². The van der Waals surface area contributed by atoms with Gasteiger partial charge in [-0.3, -0.25) is 10.1 Å². The molecule has 0 aliphatic rings. The van der Waals surface area contributed by atoms with Crippen LogP contribution in [0.4, 0.5) is 11.4 Å². The Bertz CT molecular complexity index is 629. The van der Waals surface area contributed by atoms with Gasteiger partial charge in [0.1, 0.15) is 0 Å². The number of anilines is 1. The number of hydrogen-bond donors (Lipinski definition) is 2. The highest BCUT2D eigenvalue weighted by Gasteiger charge is 2.08. The number of halogens is 1. The second-order valence-electron chi connectivity index (χ2n) is 4.63. The van der Waals surface area contributed by atoms with E-state index in [1.54, 1.807) is 6.07 Å². The van der Waals surface area contributed by atoms with E-state index in [-0.39, 0.29) is 5.69 Å². The number of benzene rings is 2. The van der Waals surface area contributed by atoms with E-state index in [9.17, 15) is 10.1 Å². The van der Waals surface area contributed by atoms with Crippen molar-refractivity contribution in [2.45, 2.75) is 13.0 Å². The van der Waals surface area contributed by atoms with Crippen molar-refractivity contribution in [2.75, 3.05) is 11.9 Å². The quantitative estimate of drug-likeness (QED) is 0.617. The van der Waals surface area contributed by atoms with Crippen molar-refractivity contribution in [1.82, 2.24) is 0 Å². The van der Waals surface area contributed by atoms with Gasteiger partial charge in [0.2, 0.25) is 0 Å². The van der Waals surface area contributed by atoms with Crippen molar-refractivity contribution >= 4 is 27.3 Å². The molecule has 0 spiro atoms. The first-order chi connectivity index (χ1) is 10.1. The number of nitrogens with zero attached hydrogens (tertiary/aromatic N) is 1. The van der Waals surface area contributed by atoms with Crippen molar-refractivity contribution < 1.29 is 4.92 Å². The smallest absolute Gasteiger partial charge is 0.270 e. The summed E-state index contributed by atoms with van der Waals surface area (Å²) in [7, 11) is 0. The maximum absolute atomic E-state index is 10.7. The van der Waals surface area contributed by atoms with Crippen molar-refractivity contribution in [3.05, 3.63) is 68.2 Å². The second-order valence-corrected chi connectivity index (χ2v) is 5.48. The number of rotatable bonds is 6. The number of non-ortho nitro benzene ring substituents is 1. The van der Waals surface area contributed by atoms with Crippen molar-refractivity contribution in [3.8, 4) is 0 Å². The lowest BCUT2D eigenvalue weighted by atomic mass is 10.1. The van der Waals surface area contributed by atoms with Gasteiger partial charge in [0.15, 0.2) is 0 Å². The van der Waals surface area contributed by atoms with E-state index in [4.69, 9.17) is 5.73 Å². The number of nitro groups is 1. The van der Waals surface area contributed by atoms with Gasteiger partial charge in [-0.2, -0.15) is 0 Å². The Morgan fingerprint density at radius 2 is 1.81 bits per heavy atom. The summed E-state index contributed by atoms with van der Waals surface area (Å²) in [5, 5.41) is 13.9. The lowest BCUT2D eigenvalue weighted by Gasteiger charge is -2.09. The topological polar surface area (TPSA) is 81.2 Å². The summed E-state index contributed by atoms with van der Waals surface area (Å²) in [5.41, 5.74) is 8.77. The minimum absolute atomic E-state index is 0.0681. The van der Waals surface area contributed by atoms with Crippen LogP contribution in [-0.2, 0) is 13.0 Å². The SMILES string of the molecule is NCCc1ccc(CNc2ccc([N+](=O)[O-])cc2Br)cc1. The molecule has 0 amide bonds. The van der Waals surface area contributed by atoms with Gasteiger partial charge < -0.3 is 11.1 Å². The molecular weight excluding hydrogens is 334 g/mol. The average Bonchev–Trinajstić information content (AvgIpc) is 2.47. The summed E-state index contributed by atoms with van der Waals surface area (Å²) in [6, 6.07) is 12.9. The monoisotopic (exact) mass is 349 g/mol. The molecule has 3 N–H and O–H groups in total. The van der Waals surface area contributed by atoms with Crippen LogP contribution in [0.2, 0.25) is 0 Å². The Morgan fingerprint density at radius 3 is 2.38 bits per heavy atom. The van der Waals surface area contributed by atoms with E-state index in [0.717, 1.165) is 17.7 Å². The standard InChI is InChI=1S/C15H16BrN3O2/c16-14-9-13(19(20)21)5-6-15(14)18-10-12-3-1-11(2-4-12)7-8-17/h1-6,9,18H,7-8,10,17H2. The van der Waals surface area contributed by atoms with Crippen molar-refractivity contribution in [1.29, 1.82) is 0 Å². The van der Waals surface area contributed by atoms with E-state index in [1.807, 2.05) is 0 Å². The molecule has 2 aromatic rings. The van der Waals surface area contributed by atoms with Crippen LogP contribution in [0.15, 0.2) is 46.9 Å². The lowest BCUT2D eigenvalue weighted by Crippen LogP contribution is -2.03. The molecule has 0 saturated carbocycles. The van der Waals surface area contributed by atoms with Crippen LogP contribution in [-0.4, -0.2) is 11.5 Å². The third-order valence-electron chi connectivity index (χ3n) is 3.10. The maximum atomic E-state index is 10.7. The van der Waals surface area contributed by atoms with Crippen LogP contribution < -0.4 is 11.1 Å². The fourth-order valence-electron chi connectivity index (χ4n) is 1.95. The molecule has 2 aromatic carbocycles. The molecule has 0 radical (unpaired) electrons. The van der Waals surface area contributed by atoms with Gasteiger partial charge in [0.05, 0.1) is 4.92 Å². The number of nitro benzene ring substituents is 1. The van der Waals surface area contributed by atoms with Crippen molar-refractivity contribution in [3.63, 3.8) is 0 Å². The highest BCUT2D eigenvalue weighted by atomic mass is 79.9. The van der Waals surface area contributed by atoms with Crippen LogP contribution in [0.5, 0.6) is 0 Å². The zero-order valence-electron chi connectivity index (χ0n) is 11.4. The summed E-state index contributed by atoms with van der Waals surface area (Å²) in [6.07, 6.45) is 0.877. The molecule has 0 bridgehead atoms. The van der Waals surface area contributed by atoms with E-state index < -0.39 is 4.92 Å². The minimum atomic E-state index is -0.412. The van der Waals surface area contributed by atoms with Crippen LogP contribution >= 0.6 is 15.9 Å². The molecule has 0 atom stereocenters. The Kier molecular flexibility index (Phi) is 5.30. The lowest BCUT2D eigenvalue weighted by molar-refractivity contribution is -0.384. The van der Waals surface area contributed by atoms with Crippen molar-refractivity contribution in [2.24, 2.45) is 5.73 Å². The zero-order valence-corrected chi connectivity index (χ0v) is 13.0. The third-order valence-corrected chi connectivity index (χ3v) is 3.76. The molecule has 0 aliphatic carbocycles. The predicted molar refractivity (Wildman–Crippen MR) is 87.3 cm³/mol. The minimum Gasteiger partial charge on any atom is -0.380 e. The molecule has 5 nitrogen and oxygen atoms in total. The van der Waals surface area contributed by atoms with E-state index in [1.165, 1.54) is 17.7 Å². The largest absolute Gasteiger partial charge is 0.380 e. The first-order valence-corrected chi connectivity index (χ1v) is 7.35. The zero-order chi connectivity index (χ0) is 15.2. The highest BCUT2D eigenvalue weighted by Crippen LogP contribution is 2.27. The molecule has 0 aromatic heterocycles. The van der Waals surface area contributed by atoms with Crippen LogP contribution in [0.3, 0.4) is 0 Å². The molecular formula is C15H16BrN3O2. The van der Waals surface area contributed by atoms with Gasteiger partial charge in [0.25, 0.3) is 5.69 Å². The Labute approximate surface area is 131 Å². The number of hydrogen-bond acceptors (Lipinski definition) is 4. The molecule has 21 heavy (non-hydrogen) atoms. The molecule has 0 heterocycles. The Morgan fingerprint density at radius 1 is 1.14 bits per heavy atom. The predicted octanol–water partition coefficient (Wildman–Crippen LogP) is 3.47. The molecule has 6 heteroatoms. The van der Waals surface area contributed by atoms with E-state index in [2.05, 4.69) is 45.5 Å². The summed E-state index contributed by atoms with van der Waals surface area (Å²) >= 11 is 3.34. The fraction of sp³-hybridized carbons (Fsp3) is 0.200. The van der Waals surface area contributed by atoms with Gasteiger partial charge in [-0.15, -0.1) is 0 Å². The van der Waals surface area contributed by atoms with Gasteiger partial charge in [-0.25, -0.2) is 0 Å². The number of nitrogens with one attached hydrogen (secondary N) is 1. The fourth-order valence-corrected chi connectivity index (χ4v) is 2.46. The highest BCUT2D eigenvalue weighted by molar-refractivity contribution is 9.10. The summed E-state index contributed by atoms with van der Waals surface area (Å²) < 4.78 is 0.677. The molecule has 110 valence electrons. The van der Waals surface area contributed by atoms with Gasteiger partial charge >= 0.3 is 0 Å². The van der Waals surface area contributed by atoms with Gasteiger partial charge in [-0.1, -0.05) is 24.3 Å². The molecule has 2 rings (SSSR count). The summed E-state index contributed by atoms with van der Waals surface area (Å²) in [4.78, 5) is 10.3. The molecule has 0 aliphatic heterocycles. The van der Waals surface area contributed by atoms with Gasteiger partial charge in [0, 0.05) is 28.8 Å². The summed E-state index contributed by atoms with van der Waals surface area (Å²) in [5.74, 6) is 0. The van der Waals surface area contributed by atoms with E-state index >= 15 is 0 Å². The van der Waals surface area contributed by atoms with Crippen LogP contribution in [0, 0.1) is 10.1 Å². The normalized spacial score (nSPS) is 10.4. The molecule has 0 saturated heterocycles. The Hall–Kier alpha value is -1.92. The summed E-state index contributed by atoms with van der Waals surface area (Å²) in [6.45, 7) is 1.30. The Balaban J connectivity index is 2.01. The first-order valence-electron chi connectivity index (χ1n) is 6.56. The molecule has 0 fully saturated rings. The van der Waals surface area contributed by atoms with E-state index in [0.29, 0.717) is 17.6 Å². The number of nitrogens with two attached hydrogens (primary N) is 1.